The van der Waals surface area contributed by atoms with Gasteiger partial charge in [0.1, 0.15) is 17.2 Å². The maximum Gasteiger partial charge on any atom is 0.138 e. The summed E-state index contributed by atoms with van der Waals surface area (Å²) in [7, 11) is 0. The summed E-state index contributed by atoms with van der Waals surface area (Å²) in [5.74, 6) is 0.471. The van der Waals surface area contributed by atoms with E-state index in [0.717, 1.165) is 22.5 Å². The molecule has 0 bridgehead atoms. The molecule has 0 saturated heterocycles. The van der Waals surface area contributed by atoms with Crippen LogP contribution >= 0.6 is 0 Å². The van der Waals surface area contributed by atoms with Crippen molar-refractivity contribution in [3.8, 4) is 11.5 Å². The van der Waals surface area contributed by atoms with Gasteiger partial charge in [0.05, 0.1) is 6.54 Å². The monoisotopic (exact) mass is 258 g/mol. The van der Waals surface area contributed by atoms with Crippen LogP contribution in [-0.4, -0.2) is 15.2 Å². The molecule has 0 aliphatic rings. The van der Waals surface area contributed by atoms with E-state index in [4.69, 9.17) is 0 Å². The third-order valence-electron chi connectivity index (χ3n) is 3.17. The molecule has 0 aliphatic carbocycles. The Balaban J connectivity index is 2.19. The van der Waals surface area contributed by atoms with Crippen molar-refractivity contribution in [3.63, 3.8) is 0 Å². The molecule has 2 aromatic rings. The van der Waals surface area contributed by atoms with E-state index in [1.807, 2.05) is 32.9 Å². The van der Waals surface area contributed by atoms with Crippen molar-refractivity contribution < 1.29 is 10.2 Å². The first-order valence-corrected chi connectivity index (χ1v) is 6.17. The molecular weight excluding hydrogens is 240 g/mol. The maximum absolute atomic E-state index is 9.88. The Labute approximate surface area is 112 Å². The Kier molecular flexibility index (Phi) is 3.60. The summed E-state index contributed by atoms with van der Waals surface area (Å²) in [6.45, 7) is 6.01. The maximum atomic E-state index is 9.88. The largest absolute Gasteiger partial charge is 0.507 e. The number of nitrogens with zero attached hydrogens (tertiary/aromatic N) is 1. The molecule has 1 heterocycles. The van der Waals surface area contributed by atoms with Crippen LogP contribution in [0.4, 0.5) is 5.69 Å². The van der Waals surface area contributed by atoms with Crippen LogP contribution in [0.3, 0.4) is 0 Å². The molecule has 4 heteroatoms. The number of phenols is 1. The molecule has 2 rings (SSSR count). The molecule has 0 saturated carbocycles. The van der Waals surface area contributed by atoms with Crippen LogP contribution in [0.1, 0.15) is 22.5 Å². The summed E-state index contributed by atoms with van der Waals surface area (Å²) in [6, 6.07) is 7.17. The van der Waals surface area contributed by atoms with Gasteiger partial charge in [-0.15, -0.1) is 0 Å². The summed E-state index contributed by atoms with van der Waals surface area (Å²) in [5.41, 5.74) is 3.94. The second kappa shape index (κ2) is 5.18. The number of rotatable bonds is 3. The molecule has 1 aromatic heterocycles. The highest BCUT2D eigenvalue weighted by atomic mass is 16.3. The number of benzene rings is 1. The lowest BCUT2D eigenvalue weighted by molar-refractivity contribution is 0.464. The first-order valence-electron chi connectivity index (χ1n) is 6.17. The number of pyridine rings is 1. The smallest absolute Gasteiger partial charge is 0.138 e. The third-order valence-corrected chi connectivity index (χ3v) is 3.17. The Morgan fingerprint density at radius 2 is 1.79 bits per heavy atom. The lowest BCUT2D eigenvalue weighted by Crippen LogP contribution is -2.04. The van der Waals surface area contributed by atoms with Crippen molar-refractivity contribution >= 4 is 5.69 Å². The second-order valence-electron chi connectivity index (χ2n) is 4.68. The molecule has 4 nitrogen and oxygen atoms in total. The fourth-order valence-corrected chi connectivity index (χ4v) is 1.94. The molecule has 0 unspecified atom stereocenters. The van der Waals surface area contributed by atoms with Gasteiger partial charge in [0, 0.05) is 16.9 Å². The number of aromatic hydroxyl groups is 2. The van der Waals surface area contributed by atoms with Gasteiger partial charge in [0.15, 0.2) is 0 Å². The van der Waals surface area contributed by atoms with Crippen molar-refractivity contribution in [2.24, 2.45) is 0 Å². The molecule has 0 aliphatic heterocycles. The number of hydrogen-bond acceptors (Lipinski definition) is 4. The number of aromatic nitrogens is 1. The zero-order valence-corrected chi connectivity index (χ0v) is 11.4. The standard InChI is InChI=1S/C15H18N2O2/c1-9-4-6-12(11(3)15(9)19)16-8-13-14(18)7-5-10(2)17-13/h4-7,16,18-19H,8H2,1-3H3. The van der Waals surface area contributed by atoms with Crippen LogP contribution < -0.4 is 5.32 Å². The molecule has 0 amide bonds. The number of hydrogen-bond donors (Lipinski definition) is 3. The van der Waals surface area contributed by atoms with Gasteiger partial charge in [-0.1, -0.05) is 6.07 Å². The summed E-state index contributed by atoms with van der Waals surface area (Å²) >= 11 is 0. The Morgan fingerprint density at radius 3 is 2.53 bits per heavy atom. The van der Waals surface area contributed by atoms with E-state index in [1.54, 1.807) is 12.1 Å². The molecule has 3 N–H and O–H groups in total. The van der Waals surface area contributed by atoms with E-state index in [-0.39, 0.29) is 5.75 Å². The Hall–Kier alpha value is -2.23. The van der Waals surface area contributed by atoms with Gasteiger partial charge < -0.3 is 15.5 Å². The van der Waals surface area contributed by atoms with E-state index in [2.05, 4.69) is 10.3 Å². The predicted octanol–water partition coefficient (Wildman–Crippen LogP) is 3.03. The molecule has 0 radical (unpaired) electrons. The van der Waals surface area contributed by atoms with Crippen molar-refractivity contribution in [2.75, 3.05) is 5.32 Å². The minimum Gasteiger partial charge on any atom is -0.507 e. The number of phenolic OH excluding ortho intramolecular Hbond substituents is 1. The van der Waals surface area contributed by atoms with Gasteiger partial charge >= 0.3 is 0 Å². The van der Waals surface area contributed by atoms with E-state index in [1.165, 1.54) is 0 Å². The summed E-state index contributed by atoms with van der Waals surface area (Å²) < 4.78 is 0. The number of anilines is 1. The molecular formula is C15H18N2O2. The fourth-order valence-electron chi connectivity index (χ4n) is 1.94. The Bertz CT molecular complexity index is 609. The van der Waals surface area contributed by atoms with Crippen molar-refractivity contribution in [3.05, 3.63) is 46.8 Å². The molecule has 1 aromatic carbocycles. The van der Waals surface area contributed by atoms with Gasteiger partial charge in [-0.05, 0) is 44.5 Å². The zero-order chi connectivity index (χ0) is 14.0. The summed E-state index contributed by atoms with van der Waals surface area (Å²) in [5, 5.41) is 22.8. The highest BCUT2D eigenvalue weighted by molar-refractivity contribution is 5.59. The van der Waals surface area contributed by atoms with Crippen LogP contribution in [0.15, 0.2) is 24.3 Å². The van der Waals surface area contributed by atoms with Crippen LogP contribution in [0, 0.1) is 20.8 Å². The minimum absolute atomic E-state index is 0.173. The van der Waals surface area contributed by atoms with Crippen LogP contribution in [0.25, 0.3) is 0 Å². The van der Waals surface area contributed by atoms with Crippen LogP contribution in [-0.2, 0) is 6.54 Å². The average molecular weight is 258 g/mol. The molecule has 0 fully saturated rings. The molecule has 0 spiro atoms. The van der Waals surface area contributed by atoms with E-state index in [0.29, 0.717) is 18.0 Å². The second-order valence-corrected chi connectivity index (χ2v) is 4.68. The first kappa shape index (κ1) is 13.2. The van der Waals surface area contributed by atoms with Crippen molar-refractivity contribution in [1.29, 1.82) is 0 Å². The lowest BCUT2D eigenvalue weighted by atomic mass is 10.1. The number of aryl methyl sites for hydroxylation is 2. The average Bonchev–Trinajstić information content (AvgIpc) is 2.39. The van der Waals surface area contributed by atoms with Crippen LogP contribution in [0.5, 0.6) is 11.5 Å². The van der Waals surface area contributed by atoms with E-state index < -0.39 is 0 Å². The Morgan fingerprint density at radius 1 is 1.05 bits per heavy atom. The quantitative estimate of drug-likeness (QED) is 0.791. The van der Waals surface area contributed by atoms with Gasteiger partial charge in [-0.25, -0.2) is 0 Å². The normalized spacial score (nSPS) is 10.5. The van der Waals surface area contributed by atoms with Crippen molar-refractivity contribution in [2.45, 2.75) is 27.3 Å². The van der Waals surface area contributed by atoms with Crippen molar-refractivity contribution in [1.82, 2.24) is 4.98 Å². The fraction of sp³-hybridized carbons (Fsp3) is 0.267. The summed E-state index contributed by atoms with van der Waals surface area (Å²) in [6.07, 6.45) is 0. The van der Waals surface area contributed by atoms with Crippen LogP contribution in [0.2, 0.25) is 0 Å². The first-order chi connectivity index (χ1) is 8.99. The highest BCUT2D eigenvalue weighted by Crippen LogP contribution is 2.28. The van der Waals surface area contributed by atoms with E-state index in [9.17, 15) is 10.2 Å². The van der Waals surface area contributed by atoms with Gasteiger partial charge in [-0.2, -0.15) is 0 Å². The van der Waals surface area contributed by atoms with Gasteiger partial charge in [-0.3, -0.25) is 4.98 Å². The topological polar surface area (TPSA) is 65.4 Å². The number of nitrogens with one attached hydrogen (secondary N) is 1. The minimum atomic E-state index is 0.173. The highest BCUT2D eigenvalue weighted by Gasteiger charge is 2.08. The molecule has 19 heavy (non-hydrogen) atoms. The third kappa shape index (κ3) is 2.78. The predicted molar refractivity (Wildman–Crippen MR) is 75.5 cm³/mol. The zero-order valence-electron chi connectivity index (χ0n) is 11.4. The van der Waals surface area contributed by atoms with Gasteiger partial charge in [0.2, 0.25) is 0 Å². The molecule has 0 atom stereocenters. The lowest BCUT2D eigenvalue weighted by Gasteiger charge is -2.13. The molecule has 100 valence electrons. The SMILES string of the molecule is Cc1ccc(O)c(CNc2ccc(C)c(O)c2C)n1. The van der Waals surface area contributed by atoms with Gasteiger partial charge in [0.25, 0.3) is 0 Å². The summed E-state index contributed by atoms with van der Waals surface area (Å²) in [4.78, 5) is 4.28. The van der Waals surface area contributed by atoms with E-state index >= 15 is 0 Å².